The highest BCUT2D eigenvalue weighted by atomic mass is 16.5. The van der Waals surface area contributed by atoms with Crippen molar-refractivity contribution in [3.8, 4) is 5.75 Å². The molecule has 1 N–H and O–H groups in total. The highest BCUT2D eigenvalue weighted by Gasteiger charge is 2.12. The number of hydrogen-bond donors (Lipinski definition) is 1. The highest BCUT2D eigenvalue weighted by Crippen LogP contribution is 2.20. The zero-order valence-electron chi connectivity index (χ0n) is 12.8. The summed E-state index contributed by atoms with van der Waals surface area (Å²) in [5.74, 6) is 2.24. The van der Waals surface area contributed by atoms with E-state index in [9.17, 15) is 0 Å². The van der Waals surface area contributed by atoms with E-state index in [-0.39, 0.29) is 0 Å². The number of methoxy groups -OCH3 is 1. The lowest BCUT2D eigenvalue weighted by Gasteiger charge is -2.20. The summed E-state index contributed by atoms with van der Waals surface area (Å²) in [6, 6.07) is 7.66. The molecule has 1 aliphatic heterocycles. The average Bonchev–Trinajstić information content (AvgIpc) is 2.85. The van der Waals surface area contributed by atoms with Gasteiger partial charge < -0.3 is 15.0 Å². The van der Waals surface area contributed by atoms with Crippen molar-refractivity contribution in [3.05, 3.63) is 30.5 Å². The van der Waals surface area contributed by atoms with Gasteiger partial charge in [0.25, 0.3) is 0 Å². The van der Waals surface area contributed by atoms with E-state index in [1.165, 1.54) is 25.7 Å². The monoisotopic (exact) mass is 299 g/mol. The van der Waals surface area contributed by atoms with Gasteiger partial charge in [0.15, 0.2) is 5.82 Å². The van der Waals surface area contributed by atoms with Gasteiger partial charge in [-0.15, -0.1) is 5.10 Å². The van der Waals surface area contributed by atoms with E-state index >= 15 is 0 Å². The summed E-state index contributed by atoms with van der Waals surface area (Å²) < 4.78 is 5.15. The van der Waals surface area contributed by atoms with Crippen molar-refractivity contribution in [1.29, 1.82) is 0 Å². The van der Waals surface area contributed by atoms with Gasteiger partial charge in [-0.2, -0.15) is 10.1 Å². The lowest BCUT2D eigenvalue weighted by Crippen LogP contribution is -2.25. The number of benzene rings is 1. The summed E-state index contributed by atoms with van der Waals surface area (Å²) in [4.78, 5) is 6.88. The Hall–Kier alpha value is -2.37. The number of ether oxygens (including phenoxy) is 1. The Kier molecular flexibility index (Phi) is 4.68. The summed E-state index contributed by atoms with van der Waals surface area (Å²) in [6.45, 7) is 2.08. The molecule has 0 radical (unpaired) electrons. The maximum absolute atomic E-state index is 5.15. The zero-order valence-corrected chi connectivity index (χ0v) is 12.8. The van der Waals surface area contributed by atoms with E-state index < -0.39 is 0 Å². The molecule has 1 aliphatic rings. The molecule has 2 heterocycles. The Balaban J connectivity index is 1.72. The Bertz CT molecular complexity index is 594. The van der Waals surface area contributed by atoms with Crippen molar-refractivity contribution in [3.63, 3.8) is 0 Å². The lowest BCUT2D eigenvalue weighted by molar-refractivity contribution is 0.415. The van der Waals surface area contributed by atoms with Crippen LogP contribution in [0.1, 0.15) is 25.7 Å². The van der Waals surface area contributed by atoms with Crippen LogP contribution in [0.15, 0.2) is 30.5 Å². The van der Waals surface area contributed by atoms with Crippen LogP contribution in [-0.2, 0) is 0 Å². The van der Waals surface area contributed by atoms with Gasteiger partial charge in [-0.3, -0.25) is 0 Å². The normalized spacial score (nSPS) is 15.2. The first-order valence-electron chi connectivity index (χ1n) is 7.71. The molecule has 0 bridgehead atoms. The number of hydrogen-bond acceptors (Lipinski definition) is 6. The van der Waals surface area contributed by atoms with Gasteiger partial charge >= 0.3 is 0 Å². The maximum atomic E-state index is 5.15. The summed E-state index contributed by atoms with van der Waals surface area (Å²) in [7, 11) is 1.65. The van der Waals surface area contributed by atoms with E-state index in [1.807, 2.05) is 24.3 Å². The van der Waals surface area contributed by atoms with Gasteiger partial charge in [-0.05, 0) is 37.1 Å². The zero-order chi connectivity index (χ0) is 15.2. The van der Waals surface area contributed by atoms with Crippen LogP contribution in [0.3, 0.4) is 0 Å². The molecule has 0 aliphatic carbocycles. The molecule has 0 unspecified atom stereocenters. The maximum Gasteiger partial charge on any atom is 0.249 e. The topological polar surface area (TPSA) is 63.2 Å². The number of rotatable bonds is 4. The summed E-state index contributed by atoms with van der Waals surface area (Å²) in [5, 5.41) is 11.3. The van der Waals surface area contributed by atoms with Crippen molar-refractivity contribution in [2.75, 3.05) is 30.4 Å². The first-order valence-corrected chi connectivity index (χ1v) is 7.71. The third-order valence-corrected chi connectivity index (χ3v) is 3.82. The first-order chi connectivity index (χ1) is 10.8. The van der Waals surface area contributed by atoms with Gasteiger partial charge in [-0.25, -0.2) is 0 Å². The van der Waals surface area contributed by atoms with Crippen LogP contribution in [0.5, 0.6) is 5.75 Å². The second kappa shape index (κ2) is 7.06. The van der Waals surface area contributed by atoms with Gasteiger partial charge in [0, 0.05) is 18.8 Å². The van der Waals surface area contributed by atoms with Crippen LogP contribution < -0.4 is 15.0 Å². The minimum Gasteiger partial charge on any atom is -0.497 e. The van der Waals surface area contributed by atoms with Gasteiger partial charge in [0.1, 0.15) is 5.75 Å². The number of anilines is 3. The summed E-state index contributed by atoms with van der Waals surface area (Å²) in [6.07, 6.45) is 6.76. The van der Waals surface area contributed by atoms with Gasteiger partial charge in [-0.1, -0.05) is 12.8 Å². The Morgan fingerprint density at radius 3 is 2.45 bits per heavy atom. The molecule has 6 nitrogen and oxygen atoms in total. The summed E-state index contributed by atoms with van der Waals surface area (Å²) >= 11 is 0. The molecule has 0 atom stereocenters. The molecule has 1 saturated heterocycles. The molecule has 6 heteroatoms. The van der Waals surface area contributed by atoms with E-state index in [0.29, 0.717) is 5.95 Å². The standard InChI is InChI=1S/C16H21N5O/c1-22-14-8-6-13(7-9-14)18-16-19-15(12-17-20-16)21-10-4-2-3-5-11-21/h6-9,12H,2-5,10-11H2,1H3,(H,18,19,20). The predicted molar refractivity (Wildman–Crippen MR) is 86.8 cm³/mol. The Labute approximate surface area is 130 Å². The van der Waals surface area contributed by atoms with E-state index in [4.69, 9.17) is 4.74 Å². The second-order valence-corrected chi connectivity index (χ2v) is 5.39. The van der Waals surface area contributed by atoms with Crippen molar-refractivity contribution in [2.45, 2.75) is 25.7 Å². The average molecular weight is 299 g/mol. The molecule has 1 aromatic carbocycles. The first kappa shape index (κ1) is 14.6. The quantitative estimate of drug-likeness (QED) is 0.936. The minimum atomic E-state index is 0.520. The predicted octanol–water partition coefficient (Wildman–Crippen LogP) is 3.00. The lowest BCUT2D eigenvalue weighted by atomic mass is 10.2. The fourth-order valence-electron chi connectivity index (χ4n) is 2.60. The summed E-state index contributed by atoms with van der Waals surface area (Å²) in [5.41, 5.74) is 0.913. The number of nitrogens with zero attached hydrogens (tertiary/aromatic N) is 4. The molecular formula is C16H21N5O. The third-order valence-electron chi connectivity index (χ3n) is 3.82. The fraction of sp³-hybridized carbons (Fsp3) is 0.438. The molecular weight excluding hydrogens is 278 g/mol. The smallest absolute Gasteiger partial charge is 0.249 e. The van der Waals surface area contributed by atoms with Crippen LogP contribution in [0.25, 0.3) is 0 Å². The van der Waals surface area contributed by atoms with Gasteiger partial charge in [0.05, 0.1) is 13.3 Å². The molecule has 2 aromatic rings. The minimum absolute atomic E-state index is 0.520. The Morgan fingerprint density at radius 2 is 1.77 bits per heavy atom. The molecule has 22 heavy (non-hydrogen) atoms. The van der Waals surface area contributed by atoms with Crippen molar-refractivity contribution in [2.24, 2.45) is 0 Å². The molecule has 0 amide bonds. The second-order valence-electron chi connectivity index (χ2n) is 5.39. The van der Waals surface area contributed by atoms with E-state index in [0.717, 1.165) is 30.3 Å². The SMILES string of the molecule is COc1ccc(Nc2nncc(N3CCCCCC3)n2)cc1. The van der Waals surface area contributed by atoms with Crippen molar-refractivity contribution >= 4 is 17.5 Å². The molecule has 1 aromatic heterocycles. The van der Waals surface area contributed by atoms with Crippen molar-refractivity contribution < 1.29 is 4.74 Å². The third kappa shape index (κ3) is 3.63. The van der Waals surface area contributed by atoms with E-state index in [1.54, 1.807) is 13.3 Å². The molecule has 0 spiro atoms. The molecule has 0 saturated carbocycles. The van der Waals surface area contributed by atoms with Crippen LogP contribution in [0, 0.1) is 0 Å². The van der Waals surface area contributed by atoms with Crippen molar-refractivity contribution in [1.82, 2.24) is 15.2 Å². The number of nitrogens with one attached hydrogen (secondary N) is 1. The molecule has 3 rings (SSSR count). The largest absolute Gasteiger partial charge is 0.497 e. The fourth-order valence-corrected chi connectivity index (χ4v) is 2.60. The van der Waals surface area contributed by atoms with Crippen LogP contribution in [-0.4, -0.2) is 35.4 Å². The Morgan fingerprint density at radius 1 is 1.05 bits per heavy atom. The molecule has 116 valence electrons. The van der Waals surface area contributed by atoms with Crippen LogP contribution in [0.4, 0.5) is 17.5 Å². The van der Waals surface area contributed by atoms with Crippen LogP contribution >= 0.6 is 0 Å². The highest BCUT2D eigenvalue weighted by molar-refractivity contribution is 5.55. The van der Waals surface area contributed by atoms with Gasteiger partial charge in [0.2, 0.25) is 5.95 Å². The molecule has 1 fully saturated rings. The van der Waals surface area contributed by atoms with Crippen LogP contribution in [0.2, 0.25) is 0 Å². The van der Waals surface area contributed by atoms with E-state index in [2.05, 4.69) is 25.4 Å². The number of aromatic nitrogens is 3.